The smallest absolute Gasteiger partial charge is 0.267 e. The molecule has 0 aromatic carbocycles. The van der Waals surface area contributed by atoms with Gasteiger partial charge in [0.25, 0.3) is 5.56 Å². The molecular weight excluding hydrogens is 198 g/mol. The molecule has 15 heavy (non-hydrogen) atoms. The third-order valence-corrected chi connectivity index (χ3v) is 2.17. The summed E-state index contributed by atoms with van der Waals surface area (Å²) in [4.78, 5) is 28.5. The summed E-state index contributed by atoms with van der Waals surface area (Å²) in [5, 5.41) is 12.3. The van der Waals surface area contributed by atoms with Gasteiger partial charge in [-0.25, -0.2) is 0 Å². The van der Waals surface area contributed by atoms with E-state index in [0.29, 0.717) is 6.04 Å². The fourth-order valence-corrected chi connectivity index (χ4v) is 1.27. The van der Waals surface area contributed by atoms with Gasteiger partial charge in [0.2, 0.25) is 11.8 Å². The van der Waals surface area contributed by atoms with E-state index >= 15 is 0 Å². The number of carbonyl (C=O) groups is 1. The van der Waals surface area contributed by atoms with Crippen LogP contribution in [-0.2, 0) is 0 Å². The molecule has 80 valence electrons. The van der Waals surface area contributed by atoms with Gasteiger partial charge in [-0.15, -0.1) is 0 Å². The number of aromatic amines is 1. The number of nitrogens with zero attached hydrogens (tertiary/aromatic N) is 1. The quantitative estimate of drug-likeness (QED) is 0.620. The number of H-pyrrole nitrogens is 1. The highest BCUT2D eigenvalue weighted by molar-refractivity contribution is 5.95. The van der Waals surface area contributed by atoms with Crippen LogP contribution in [0, 0.1) is 0 Å². The summed E-state index contributed by atoms with van der Waals surface area (Å²) in [7, 11) is 0. The maximum Gasteiger partial charge on any atom is 0.267 e. The van der Waals surface area contributed by atoms with Gasteiger partial charge in [0.1, 0.15) is 5.56 Å². The summed E-state index contributed by atoms with van der Waals surface area (Å²) in [6.45, 7) is 1.21. The molecular formula is C9H11N3O3. The van der Waals surface area contributed by atoms with E-state index < -0.39 is 17.2 Å². The fraction of sp³-hybridized carbons (Fsp3) is 0.444. The van der Waals surface area contributed by atoms with Gasteiger partial charge in [0.05, 0.1) is 0 Å². The van der Waals surface area contributed by atoms with Gasteiger partial charge < -0.3 is 10.4 Å². The van der Waals surface area contributed by atoms with Crippen LogP contribution in [0.15, 0.2) is 4.79 Å². The number of hydrogen-bond acceptors (Lipinski definition) is 5. The topological polar surface area (TPSA) is 95.1 Å². The zero-order valence-corrected chi connectivity index (χ0v) is 8.20. The van der Waals surface area contributed by atoms with Crippen molar-refractivity contribution in [3.05, 3.63) is 15.9 Å². The van der Waals surface area contributed by atoms with E-state index in [1.54, 1.807) is 0 Å². The molecule has 0 radical (unpaired) electrons. The van der Waals surface area contributed by atoms with E-state index in [0.717, 1.165) is 12.8 Å². The predicted molar refractivity (Wildman–Crippen MR) is 53.2 cm³/mol. The van der Waals surface area contributed by atoms with Crippen molar-refractivity contribution in [2.75, 3.05) is 5.32 Å². The number of aromatic hydroxyl groups is 1. The van der Waals surface area contributed by atoms with Crippen LogP contribution in [0.1, 0.15) is 30.1 Å². The van der Waals surface area contributed by atoms with E-state index in [4.69, 9.17) is 0 Å². The Labute approximate surface area is 85.4 Å². The Morgan fingerprint density at radius 3 is 2.73 bits per heavy atom. The summed E-state index contributed by atoms with van der Waals surface area (Å²) in [5.41, 5.74) is -0.908. The van der Waals surface area contributed by atoms with Crippen LogP contribution in [0.4, 0.5) is 5.95 Å². The molecule has 1 aliphatic rings. The van der Waals surface area contributed by atoms with Gasteiger partial charge in [-0.2, -0.15) is 4.98 Å². The molecule has 6 nitrogen and oxygen atoms in total. The van der Waals surface area contributed by atoms with Crippen LogP contribution in [0.2, 0.25) is 0 Å². The Bertz CT molecular complexity index is 462. The lowest BCUT2D eigenvalue weighted by Crippen LogP contribution is -2.20. The van der Waals surface area contributed by atoms with Gasteiger partial charge in [-0.05, 0) is 19.8 Å². The second kappa shape index (κ2) is 3.38. The molecule has 1 aliphatic carbocycles. The molecule has 0 unspecified atom stereocenters. The maximum atomic E-state index is 11.4. The molecule has 2 rings (SSSR count). The summed E-state index contributed by atoms with van der Waals surface area (Å²) in [6, 6.07) is 0.315. The third kappa shape index (κ3) is 1.98. The van der Waals surface area contributed by atoms with Crippen molar-refractivity contribution in [1.29, 1.82) is 0 Å². The van der Waals surface area contributed by atoms with Crippen molar-refractivity contribution >= 4 is 11.7 Å². The van der Waals surface area contributed by atoms with Crippen molar-refractivity contribution in [1.82, 2.24) is 9.97 Å². The molecule has 1 aromatic heterocycles. The average Bonchev–Trinajstić information content (AvgIpc) is 2.85. The van der Waals surface area contributed by atoms with Gasteiger partial charge in [-0.1, -0.05) is 0 Å². The number of rotatable bonds is 3. The van der Waals surface area contributed by atoms with Crippen molar-refractivity contribution in [3.8, 4) is 5.88 Å². The monoisotopic (exact) mass is 209 g/mol. The number of carbonyl (C=O) groups excluding carboxylic acids is 1. The normalized spacial score (nSPS) is 15.0. The van der Waals surface area contributed by atoms with Crippen LogP contribution in [0.25, 0.3) is 0 Å². The molecule has 1 aromatic rings. The number of hydrogen-bond donors (Lipinski definition) is 3. The minimum atomic E-state index is -0.613. The van der Waals surface area contributed by atoms with Crippen molar-refractivity contribution < 1.29 is 9.90 Å². The number of ketones is 1. The van der Waals surface area contributed by atoms with E-state index in [1.165, 1.54) is 6.92 Å². The molecule has 1 fully saturated rings. The van der Waals surface area contributed by atoms with Gasteiger partial charge in [0, 0.05) is 6.04 Å². The molecule has 0 atom stereocenters. The molecule has 6 heteroatoms. The van der Waals surface area contributed by atoms with E-state index in [9.17, 15) is 14.7 Å². The molecule has 1 heterocycles. The first-order chi connectivity index (χ1) is 7.08. The molecule has 0 spiro atoms. The predicted octanol–water partition coefficient (Wildman–Crippen LogP) is 0.252. The molecule has 1 saturated carbocycles. The summed E-state index contributed by atoms with van der Waals surface area (Å²) in [5.74, 6) is -0.807. The number of aromatic nitrogens is 2. The zero-order valence-electron chi connectivity index (χ0n) is 8.20. The second-order valence-electron chi connectivity index (χ2n) is 3.59. The SMILES string of the molecule is CC(=O)c1c(O)nc(NC2CC2)[nH]c1=O. The van der Waals surface area contributed by atoms with Crippen LogP contribution in [0.3, 0.4) is 0 Å². The Morgan fingerprint density at radius 2 is 2.27 bits per heavy atom. The van der Waals surface area contributed by atoms with Crippen LogP contribution >= 0.6 is 0 Å². The highest BCUT2D eigenvalue weighted by Crippen LogP contribution is 2.23. The van der Waals surface area contributed by atoms with E-state index in [1.807, 2.05) is 0 Å². The third-order valence-electron chi connectivity index (χ3n) is 2.17. The van der Waals surface area contributed by atoms with Crippen LogP contribution in [-0.4, -0.2) is 26.9 Å². The van der Waals surface area contributed by atoms with Crippen molar-refractivity contribution in [2.45, 2.75) is 25.8 Å². The van der Waals surface area contributed by atoms with Gasteiger partial charge in [0.15, 0.2) is 5.78 Å². The molecule has 0 saturated heterocycles. The first-order valence-electron chi connectivity index (χ1n) is 4.68. The Hall–Kier alpha value is -1.85. The Kier molecular flexibility index (Phi) is 2.18. The lowest BCUT2D eigenvalue weighted by Gasteiger charge is -2.04. The average molecular weight is 209 g/mol. The summed E-state index contributed by atoms with van der Waals surface area (Å²) in [6.07, 6.45) is 2.05. The highest BCUT2D eigenvalue weighted by atomic mass is 16.3. The lowest BCUT2D eigenvalue weighted by molar-refractivity contribution is 0.101. The Morgan fingerprint density at radius 1 is 1.60 bits per heavy atom. The Balaban J connectivity index is 2.37. The fourth-order valence-electron chi connectivity index (χ4n) is 1.27. The van der Waals surface area contributed by atoms with E-state index in [2.05, 4.69) is 15.3 Å². The highest BCUT2D eigenvalue weighted by Gasteiger charge is 2.23. The summed E-state index contributed by atoms with van der Waals surface area (Å²) >= 11 is 0. The molecule has 0 aliphatic heterocycles. The lowest BCUT2D eigenvalue weighted by atomic mass is 10.2. The standard InChI is InChI=1S/C9H11N3O3/c1-4(13)6-7(14)11-9(12-8(6)15)10-5-2-3-5/h5H,2-3H2,1H3,(H3,10,11,12,14,15). The van der Waals surface area contributed by atoms with Gasteiger partial charge in [-0.3, -0.25) is 14.6 Å². The number of anilines is 1. The van der Waals surface area contributed by atoms with Crippen molar-refractivity contribution in [2.24, 2.45) is 0 Å². The zero-order chi connectivity index (χ0) is 11.0. The minimum absolute atomic E-state index is 0.213. The second-order valence-corrected chi connectivity index (χ2v) is 3.59. The summed E-state index contributed by atoms with van der Waals surface area (Å²) < 4.78 is 0. The number of Topliss-reactive ketones (excluding diaryl/α,β-unsaturated/α-hetero) is 1. The first kappa shape index (κ1) is 9.70. The molecule has 0 bridgehead atoms. The van der Waals surface area contributed by atoms with E-state index in [-0.39, 0.29) is 11.5 Å². The van der Waals surface area contributed by atoms with Crippen LogP contribution < -0.4 is 10.9 Å². The minimum Gasteiger partial charge on any atom is -0.493 e. The first-order valence-corrected chi connectivity index (χ1v) is 4.68. The molecule has 3 N–H and O–H groups in total. The van der Waals surface area contributed by atoms with Gasteiger partial charge >= 0.3 is 0 Å². The van der Waals surface area contributed by atoms with Crippen molar-refractivity contribution in [3.63, 3.8) is 0 Å². The molecule has 0 amide bonds. The van der Waals surface area contributed by atoms with Crippen LogP contribution in [0.5, 0.6) is 5.88 Å². The maximum absolute atomic E-state index is 11.4. The largest absolute Gasteiger partial charge is 0.493 e. The number of nitrogens with one attached hydrogen (secondary N) is 2.